The summed E-state index contributed by atoms with van der Waals surface area (Å²) in [5.41, 5.74) is 2.48. The highest BCUT2D eigenvalue weighted by Gasteiger charge is 2.19. The van der Waals surface area contributed by atoms with Gasteiger partial charge in [0, 0.05) is 31.9 Å². The van der Waals surface area contributed by atoms with E-state index < -0.39 is 0 Å². The van der Waals surface area contributed by atoms with Gasteiger partial charge in [0.15, 0.2) is 0 Å². The summed E-state index contributed by atoms with van der Waals surface area (Å²) in [4.78, 5) is 18.7. The van der Waals surface area contributed by atoms with E-state index in [0.29, 0.717) is 12.3 Å². The van der Waals surface area contributed by atoms with E-state index in [-0.39, 0.29) is 5.91 Å². The topological polar surface area (TPSA) is 54.5 Å². The second kappa shape index (κ2) is 10.1. The summed E-state index contributed by atoms with van der Waals surface area (Å²) in [5, 5.41) is 3.12. The van der Waals surface area contributed by atoms with E-state index in [2.05, 4.69) is 27.3 Å². The molecular weight excluding hydrogens is 338 g/mol. The van der Waals surface area contributed by atoms with Crippen molar-refractivity contribution < 1.29 is 9.53 Å². The van der Waals surface area contributed by atoms with E-state index >= 15 is 0 Å². The maximum atomic E-state index is 12.1. The van der Waals surface area contributed by atoms with E-state index in [1.807, 2.05) is 36.7 Å². The van der Waals surface area contributed by atoms with Crippen LogP contribution in [0, 0.1) is 5.92 Å². The molecule has 2 aromatic rings. The molecule has 1 aromatic heterocycles. The van der Waals surface area contributed by atoms with Crippen molar-refractivity contribution in [2.75, 3.05) is 26.7 Å². The number of hydrogen-bond donors (Lipinski definition) is 1. The Bertz CT molecular complexity index is 695. The Morgan fingerprint density at radius 2 is 1.81 bits per heavy atom. The van der Waals surface area contributed by atoms with E-state index in [9.17, 15) is 4.79 Å². The molecule has 0 atom stereocenters. The first-order valence-electron chi connectivity index (χ1n) is 9.74. The van der Waals surface area contributed by atoms with Crippen molar-refractivity contribution in [1.29, 1.82) is 0 Å². The number of hydrogen-bond acceptors (Lipinski definition) is 4. The van der Waals surface area contributed by atoms with Gasteiger partial charge >= 0.3 is 0 Å². The number of nitrogens with one attached hydrogen (secondary N) is 1. The molecule has 1 N–H and O–H groups in total. The monoisotopic (exact) mass is 367 g/mol. The lowest BCUT2D eigenvalue weighted by atomic mass is 9.96. The third-order valence-electron chi connectivity index (χ3n) is 5.25. The van der Waals surface area contributed by atoms with Crippen molar-refractivity contribution in [3.63, 3.8) is 0 Å². The number of piperidine rings is 1. The van der Waals surface area contributed by atoms with Gasteiger partial charge in [0.2, 0.25) is 5.91 Å². The van der Waals surface area contributed by atoms with Crippen LogP contribution in [0.4, 0.5) is 0 Å². The molecule has 2 heterocycles. The molecule has 1 aromatic carbocycles. The molecule has 0 unspecified atom stereocenters. The molecule has 5 heteroatoms. The summed E-state index contributed by atoms with van der Waals surface area (Å²) >= 11 is 0. The van der Waals surface area contributed by atoms with Crippen LogP contribution < -0.4 is 10.1 Å². The quantitative estimate of drug-likeness (QED) is 0.779. The number of nitrogens with zero attached hydrogens (tertiary/aromatic N) is 2. The average Bonchev–Trinajstić information content (AvgIpc) is 2.73. The number of rotatable bonds is 8. The van der Waals surface area contributed by atoms with Crippen molar-refractivity contribution in [2.45, 2.75) is 32.2 Å². The van der Waals surface area contributed by atoms with Crippen LogP contribution in [0.5, 0.6) is 5.75 Å². The third-order valence-corrected chi connectivity index (χ3v) is 5.25. The Hall–Kier alpha value is -2.40. The summed E-state index contributed by atoms with van der Waals surface area (Å²) in [6.45, 7) is 3.97. The van der Waals surface area contributed by atoms with Crippen LogP contribution >= 0.6 is 0 Å². The standard InChI is InChI=1S/C22H29N3O2/c1-27-21-5-2-18(3-6-21)4-7-22(26)24-16-19-10-14-25(15-11-19)17-20-8-12-23-13-9-20/h2-3,5-6,8-9,12-13,19H,4,7,10-11,14-17H2,1H3,(H,24,26). The summed E-state index contributed by atoms with van der Waals surface area (Å²) in [6.07, 6.45) is 7.29. The van der Waals surface area contributed by atoms with Crippen LogP contribution in [0.25, 0.3) is 0 Å². The van der Waals surface area contributed by atoms with Gasteiger partial charge in [0.1, 0.15) is 5.75 Å². The minimum absolute atomic E-state index is 0.144. The number of pyridine rings is 1. The Balaban J connectivity index is 1.31. The number of likely N-dealkylation sites (tertiary alicyclic amines) is 1. The summed E-state index contributed by atoms with van der Waals surface area (Å²) in [5.74, 6) is 1.58. The molecule has 0 spiro atoms. The maximum absolute atomic E-state index is 12.1. The lowest BCUT2D eigenvalue weighted by Gasteiger charge is -2.32. The highest BCUT2D eigenvalue weighted by molar-refractivity contribution is 5.76. The highest BCUT2D eigenvalue weighted by atomic mass is 16.5. The Kier molecular flexibility index (Phi) is 7.22. The van der Waals surface area contributed by atoms with Crippen molar-refractivity contribution in [2.24, 2.45) is 5.92 Å². The van der Waals surface area contributed by atoms with E-state index in [1.54, 1.807) is 7.11 Å². The number of benzene rings is 1. The fourth-order valence-corrected chi connectivity index (χ4v) is 3.49. The van der Waals surface area contributed by atoms with Gasteiger partial charge in [0.25, 0.3) is 0 Å². The zero-order chi connectivity index (χ0) is 18.9. The Morgan fingerprint density at radius 3 is 2.48 bits per heavy atom. The summed E-state index contributed by atoms with van der Waals surface area (Å²) < 4.78 is 5.16. The van der Waals surface area contributed by atoms with Crippen LogP contribution in [-0.2, 0) is 17.8 Å². The fourth-order valence-electron chi connectivity index (χ4n) is 3.49. The first kappa shape index (κ1) is 19.4. The van der Waals surface area contributed by atoms with Crippen LogP contribution in [-0.4, -0.2) is 42.5 Å². The smallest absolute Gasteiger partial charge is 0.220 e. The second-order valence-corrected chi connectivity index (χ2v) is 7.23. The second-order valence-electron chi connectivity index (χ2n) is 7.23. The highest BCUT2D eigenvalue weighted by Crippen LogP contribution is 2.18. The number of aromatic nitrogens is 1. The average molecular weight is 367 g/mol. The van der Waals surface area contributed by atoms with Gasteiger partial charge in [-0.05, 0) is 73.7 Å². The predicted octanol–water partition coefficient (Wildman–Crippen LogP) is 3.05. The minimum Gasteiger partial charge on any atom is -0.497 e. The van der Waals surface area contributed by atoms with Gasteiger partial charge in [-0.2, -0.15) is 0 Å². The zero-order valence-electron chi connectivity index (χ0n) is 16.1. The van der Waals surface area contributed by atoms with Gasteiger partial charge in [-0.3, -0.25) is 14.7 Å². The van der Waals surface area contributed by atoms with Gasteiger partial charge in [-0.1, -0.05) is 12.1 Å². The lowest BCUT2D eigenvalue weighted by molar-refractivity contribution is -0.121. The van der Waals surface area contributed by atoms with Gasteiger partial charge in [-0.15, -0.1) is 0 Å². The molecule has 0 bridgehead atoms. The number of ether oxygens (including phenoxy) is 1. The van der Waals surface area contributed by atoms with Crippen LogP contribution in [0.2, 0.25) is 0 Å². The molecule has 5 nitrogen and oxygen atoms in total. The summed E-state index contributed by atoms with van der Waals surface area (Å²) in [6, 6.07) is 12.1. The molecule has 0 radical (unpaired) electrons. The molecule has 1 aliphatic rings. The SMILES string of the molecule is COc1ccc(CCC(=O)NCC2CCN(Cc3ccncc3)CC2)cc1. The first-order valence-corrected chi connectivity index (χ1v) is 9.74. The van der Waals surface area contributed by atoms with Gasteiger partial charge < -0.3 is 10.1 Å². The predicted molar refractivity (Wildman–Crippen MR) is 107 cm³/mol. The van der Waals surface area contributed by atoms with Crippen LogP contribution in [0.15, 0.2) is 48.8 Å². The van der Waals surface area contributed by atoms with Gasteiger partial charge in [0.05, 0.1) is 7.11 Å². The Morgan fingerprint density at radius 1 is 1.11 bits per heavy atom. The molecule has 3 rings (SSSR count). The zero-order valence-corrected chi connectivity index (χ0v) is 16.1. The molecule has 144 valence electrons. The molecule has 0 saturated carbocycles. The molecule has 1 aliphatic heterocycles. The van der Waals surface area contributed by atoms with Crippen molar-refractivity contribution in [1.82, 2.24) is 15.2 Å². The van der Waals surface area contributed by atoms with E-state index in [1.165, 1.54) is 5.56 Å². The molecular formula is C22H29N3O2. The number of aryl methyl sites for hydroxylation is 1. The molecule has 1 fully saturated rings. The number of amides is 1. The molecule has 1 saturated heterocycles. The number of methoxy groups -OCH3 is 1. The number of carbonyl (C=O) groups excluding carboxylic acids is 1. The first-order chi connectivity index (χ1) is 13.2. The minimum atomic E-state index is 0.144. The van der Waals surface area contributed by atoms with Gasteiger partial charge in [-0.25, -0.2) is 0 Å². The van der Waals surface area contributed by atoms with Crippen molar-refractivity contribution in [3.8, 4) is 5.75 Å². The van der Waals surface area contributed by atoms with E-state index in [4.69, 9.17) is 4.74 Å². The normalized spacial score (nSPS) is 15.4. The third kappa shape index (κ3) is 6.36. The van der Waals surface area contributed by atoms with Crippen molar-refractivity contribution >= 4 is 5.91 Å². The fraction of sp³-hybridized carbons (Fsp3) is 0.455. The molecule has 27 heavy (non-hydrogen) atoms. The van der Waals surface area contributed by atoms with Crippen LogP contribution in [0.3, 0.4) is 0 Å². The van der Waals surface area contributed by atoms with Crippen LogP contribution in [0.1, 0.15) is 30.4 Å². The Labute approximate surface area is 161 Å². The molecule has 1 amide bonds. The summed E-state index contributed by atoms with van der Waals surface area (Å²) in [7, 11) is 1.66. The number of carbonyl (C=O) groups is 1. The lowest BCUT2D eigenvalue weighted by Crippen LogP contribution is -2.38. The largest absolute Gasteiger partial charge is 0.497 e. The maximum Gasteiger partial charge on any atom is 0.220 e. The molecule has 0 aliphatic carbocycles. The van der Waals surface area contributed by atoms with Crippen molar-refractivity contribution in [3.05, 3.63) is 59.9 Å². The van der Waals surface area contributed by atoms with E-state index in [0.717, 1.165) is 56.8 Å².